The van der Waals surface area contributed by atoms with Gasteiger partial charge in [-0.05, 0) is 11.8 Å². The van der Waals surface area contributed by atoms with E-state index in [9.17, 15) is 14.9 Å². The molecule has 0 bridgehead atoms. The quantitative estimate of drug-likeness (QED) is 0.342. The Morgan fingerprint density at radius 1 is 1.37 bits per heavy atom. The van der Waals surface area contributed by atoms with E-state index in [-0.39, 0.29) is 23.5 Å². The molecule has 0 aliphatic rings. The van der Waals surface area contributed by atoms with Crippen LogP contribution in [0.4, 0.5) is 5.69 Å². The van der Waals surface area contributed by atoms with Crippen LogP contribution in [-0.2, 0) is 4.74 Å². The summed E-state index contributed by atoms with van der Waals surface area (Å²) >= 11 is 0. The lowest BCUT2D eigenvalue weighted by Gasteiger charge is -2.17. The highest BCUT2D eigenvalue weighted by Crippen LogP contribution is 2.18. The summed E-state index contributed by atoms with van der Waals surface area (Å²) in [4.78, 5) is 21.9. The van der Waals surface area contributed by atoms with E-state index in [1.807, 2.05) is 0 Å². The monoisotopic (exact) mass is 265 g/mol. The second kappa shape index (κ2) is 6.43. The van der Waals surface area contributed by atoms with Crippen LogP contribution in [0.15, 0.2) is 24.3 Å². The SMILES string of the molecule is CC(C)(C)CCOCC(=O)c1cccc([N+](=O)[O-])c1. The van der Waals surface area contributed by atoms with E-state index >= 15 is 0 Å². The van der Waals surface area contributed by atoms with Gasteiger partial charge in [-0.25, -0.2) is 0 Å². The van der Waals surface area contributed by atoms with Crippen molar-refractivity contribution in [2.75, 3.05) is 13.2 Å². The number of Topliss-reactive ketones (excluding diaryl/α,β-unsaturated/α-hetero) is 1. The van der Waals surface area contributed by atoms with Gasteiger partial charge >= 0.3 is 0 Å². The Morgan fingerprint density at radius 2 is 2.05 bits per heavy atom. The number of nitro benzene ring substituents is 1. The van der Waals surface area contributed by atoms with Gasteiger partial charge in [0.05, 0.1) is 4.92 Å². The largest absolute Gasteiger partial charge is 0.373 e. The minimum Gasteiger partial charge on any atom is -0.373 e. The maximum atomic E-state index is 11.8. The molecule has 0 atom stereocenters. The van der Waals surface area contributed by atoms with Crippen LogP contribution < -0.4 is 0 Å². The van der Waals surface area contributed by atoms with E-state index in [1.54, 1.807) is 6.07 Å². The van der Waals surface area contributed by atoms with Crippen LogP contribution in [0.1, 0.15) is 37.6 Å². The fourth-order valence-electron chi connectivity index (χ4n) is 1.42. The predicted molar refractivity (Wildman–Crippen MR) is 72.3 cm³/mol. The number of hydrogen-bond acceptors (Lipinski definition) is 4. The Hall–Kier alpha value is -1.75. The standard InChI is InChI=1S/C14H19NO4/c1-14(2,3)7-8-19-10-13(16)11-5-4-6-12(9-11)15(17)18/h4-6,9H,7-8,10H2,1-3H3. The number of nitrogens with zero attached hydrogens (tertiary/aromatic N) is 1. The molecular formula is C14H19NO4. The second-order valence-corrected chi connectivity index (χ2v) is 5.59. The van der Waals surface area contributed by atoms with Crippen LogP contribution in [-0.4, -0.2) is 23.9 Å². The second-order valence-electron chi connectivity index (χ2n) is 5.59. The van der Waals surface area contributed by atoms with Gasteiger partial charge in [0.25, 0.3) is 5.69 Å². The minimum absolute atomic E-state index is 0.0444. The van der Waals surface area contributed by atoms with Crippen LogP contribution >= 0.6 is 0 Å². The lowest BCUT2D eigenvalue weighted by molar-refractivity contribution is -0.384. The van der Waals surface area contributed by atoms with E-state index in [0.717, 1.165) is 6.42 Å². The number of rotatable bonds is 6. The molecule has 0 unspecified atom stereocenters. The third kappa shape index (κ3) is 5.61. The summed E-state index contributed by atoms with van der Waals surface area (Å²) in [6.45, 7) is 6.75. The third-order valence-corrected chi connectivity index (χ3v) is 2.61. The Labute approximate surface area is 112 Å². The molecule has 0 heterocycles. The van der Waals surface area contributed by atoms with Crippen LogP contribution in [0.2, 0.25) is 0 Å². The van der Waals surface area contributed by atoms with E-state index in [1.165, 1.54) is 18.2 Å². The van der Waals surface area contributed by atoms with Gasteiger partial charge in [0, 0.05) is 24.3 Å². The van der Waals surface area contributed by atoms with Crippen LogP contribution in [0, 0.1) is 15.5 Å². The molecule has 0 spiro atoms. The van der Waals surface area contributed by atoms with Crippen molar-refractivity contribution in [3.63, 3.8) is 0 Å². The molecule has 0 saturated heterocycles. The smallest absolute Gasteiger partial charge is 0.270 e. The lowest BCUT2D eigenvalue weighted by atomic mass is 9.93. The average molecular weight is 265 g/mol. The molecule has 5 nitrogen and oxygen atoms in total. The summed E-state index contributed by atoms with van der Waals surface area (Å²) in [5, 5.41) is 10.6. The minimum atomic E-state index is -0.517. The van der Waals surface area contributed by atoms with Gasteiger partial charge in [-0.1, -0.05) is 32.9 Å². The highest BCUT2D eigenvalue weighted by Gasteiger charge is 2.13. The first kappa shape index (κ1) is 15.3. The maximum absolute atomic E-state index is 11.8. The zero-order chi connectivity index (χ0) is 14.5. The van der Waals surface area contributed by atoms with Crippen molar-refractivity contribution < 1.29 is 14.5 Å². The molecule has 1 aromatic rings. The Morgan fingerprint density at radius 3 is 2.63 bits per heavy atom. The highest BCUT2D eigenvalue weighted by atomic mass is 16.6. The van der Waals surface area contributed by atoms with E-state index in [2.05, 4.69) is 20.8 Å². The van der Waals surface area contributed by atoms with Crippen LogP contribution in [0.3, 0.4) is 0 Å². The van der Waals surface area contributed by atoms with E-state index < -0.39 is 4.92 Å². The fourth-order valence-corrected chi connectivity index (χ4v) is 1.42. The fraction of sp³-hybridized carbons (Fsp3) is 0.500. The summed E-state index contributed by atoms with van der Waals surface area (Å²) in [7, 11) is 0. The van der Waals surface area contributed by atoms with Gasteiger partial charge in [0.1, 0.15) is 6.61 Å². The van der Waals surface area contributed by atoms with Crippen LogP contribution in [0.25, 0.3) is 0 Å². The van der Waals surface area contributed by atoms with Crippen molar-refractivity contribution in [1.82, 2.24) is 0 Å². The van der Waals surface area contributed by atoms with Gasteiger partial charge < -0.3 is 4.74 Å². The van der Waals surface area contributed by atoms with E-state index in [0.29, 0.717) is 12.2 Å². The Kier molecular flexibility index (Phi) is 5.18. The number of nitro groups is 1. The summed E-state index contributed by atoms with van der Waals surface area (Å²) < 4.78 is 5.31. The Balaban J connectivity index is 2.50. The van der Waals surface area contributed by atoms with Gasteiger partial charge in [0.15, 0.2) is 5.78 Å². The van der Waals surface area contributed by atoms with Gasteiger partial charge in [-0.3, -0.25) is 14.9 Å². The van der Waals surface area contributed by atoms with Crippen molar-refractivity contribution in [2.24, 2.45) is 5.41 Å². The first-order valence-corrected chi connectivity index (χ1v) is 6.15. The molecule has 0 fully saturated rings. The number of non-ortho nitro benzene ring substituents is 1. The molecular weight excluding hydrogens is 246 g/mol. The molecule has 0 N–H and O–H groups in total. The lowest BCUT2D eigenvalue weighted by Crippen LogP contribution is -2.14. The number of carbonyl (C=O) groups excluding carboxylic acids is 1. The summed E-state index contributed by atoms with van der Waals surface area (Å²) in [6, 6.07) is 5.69. The number of benzene rings is 1. The molecule has 19 heavy (non-hydrogen) atoms. The molecule has 0 saturated carbocycles. The molecule has 0 aliphatic carbocycles. The van der Waals surface area contributed by atoms with Crippen molar-refractivity contribution in [3.8, 4) is 0 Å². The van der Waals surface area contributed by atoms with E-state index in [4.69, 9.17) is 4.74 Å². The van der Waals surface area contributed by atoms with Gasteiger partial charge in [-0.15, -0.1) is 0 Å². The summed E-state index contributed by atoms with van der Waals surface area (Å²) in [5.41, 5.74) is 0.389. The maximum Gasteiger partial charge on any atom is 0.270 e. The molecule has 0 radical (unpaired) electrons. The normalized spacial score (nSPS) is 11.3. The predicted octanol–water partition coefficient (Wildman–Crippen LogP) is 3.23. The first-order chi connectivity index (χ1) is 8.79. The van der Waals surface area contributed by atoms with Gasteiger partial charge in [0.2, 0.25) is 0 Å². The van der Waals surface area contributed by atoms with Crippen molar-refractivity contribution in [3.05, 3.63) is 39.9 Å². The molecule has 1 aromatic carbocycles. The van der Waals surface area contributed by atoms with Crippen molar-refractivity contribution >= 4 is 11.5 Å². The average Bonchev–Trinajstić information content (AvgIpc) is 2.33. The molecule has 5 heteroatoms. The number of ketones is 1. The number of hydrogen-bond donors (Lipinski definition) is 0. The van der Waals surface area contributed by atoms with Crippen molar-refractivity contribution in [1.29, 1.82) is 0 Å². The number of carbonyl (C=O) groups is 1. The highest BCUT2D eigenvalue weighted by molar-refractivity contribution is 5.97. The molecule has 0 amide bonds. The molecule has 104 valence electrons. The third-order valence-electron chi connectivity index (χ3n) is 2.61. The van der Waals surface area contributed by atoms with Gasteiger partial charge in [-0.2, -0.15) is 0 Å². The topological polar surface area (TPSA) is 69.4 Å². The zero-order valence-electron chi connectivity index (χ0n) is 11.5. The van der Waals surface area contributed by atoms with Crippen LogP contribution in [0.5, 0.6) is 0 Å². The Bertz CT molecular complexity index is 463. The molecule has 0 aromatic heterocycles. The zero-order valence-corrected chi connectivity index (χ0v) is 11.5. The summed E-state index contributed by atoms with van der Waals surface area (Å²) in [5.74, 6) is -0.238. The molecule has 0 aliphatic heterocycles. The number of ether oxygens (including phenoxy) is 1. The first-order valence-electron chi connectivity index (χ1n) is 6.15. The molecule has 1 rings (SSSR count). The summed E-state index contributed by atoms with van der Waals surface area (Å²) in [6.07, 6.45) is 0.856. The van der Waals surface area contributed by atoms with Crippen molar-refractivity contribution in [2.45, 2.75) is 27.2 Å².